The van der Waals surface area contributed by atoms with Crippen LogP contribution in [0.1, 0.15) is 30.5 Å². The fraction of sp³-hybridized carbons (Fsp3) is 0.269. The molecule has 2 aromatic carbocycles. The topological polar surface area (TPSA) is 70.7 Å². The van der Waals surface area contributed by atoms with E-state index in [0.717, 1.165) is 22.0 Å². The van der Waals surface area contributed by atoms with E-state index >= 15 is 0 Å². The lowest BCUT2D eigenvalue weighted by Gasteiger charge is -2.14. The number of rotatable bonds is 9. The highest BCUT2D eigenvalue weighted by Gasteiger charge is 2.19. The van der Waals surface area contributed by atoms with Crippen LogP contribution in [0.4, 0.5) is 0 Å². The standard InChI is InChI=1S/C26H26N4O3S2/c1-4-32-21-11-10-18(14-22(21)33-5-2)15-29-24(31)23-20(12-13-34-23)30-25(29)27-28-26(30)35-16-19-9-7-6-8-17(19)3/h6-14H,4-5,15-16H2,1-3H3. The summed E-state index contributed by atoms with van der Waals surface area (Å²) in [7, 11) is 0. The van der Waals surface area contributed by atoms with E-state index in [1.165, 1.54) is 22.5 Å². The molecule has 35 heavy (non-hydrogen) atoms. The van der Waals surface area contributed by atoms with Crippen LogP contribution >= 0.6 is 23.1 Å². The first-order chi connectivity index (χ1) is 17.1. The summed E-state index contributed by atoms with van der Waals surface area (Å²) in [4.78, 5) is 13.5. The molecule has 0 amide bonds. The molecule has 0 N–H and O–H groups in total. The Morgan fingerprint density at radius 1 is 1.00 bits per heavy atom. The highest BCUT2D eigenvalue weighted by atomic mass is 32.2. The Morgan fingerprint density at radius 2 is 1.80 bits per heavy atom. The summed E-state index contributed by atoms with van der Waals surface area (Å²) in [5.41, 5.74) is 4.19. The van der Waals surface area contributed by atoms with Crippen LogP contribution in [0.3, 0.4) is 0 Å². The van der Waals surface area contributed by atoms with Crippen molar-refractivity contribution in [3.8, 4) is 11.5 Å². The Kier molecular flexibility index (Phi) is 6.79. The van der Waals surface area contributed by atoms with Crippen molar-refractivity contribution < 1.29 is 9.47 Å². The molecule has 0 saturated heterocycles. The van der Waals surface area contributed by atoms with E-state index < -0.39 is 0 Å². The zero-order valence-corrected chi connectivity index (χ0v) is 21.5. The van der Waals surface area contributed by atoms with E-state index in [1.807, 2.05) is 60.0 Å². The van der Waals surface area contributed by atoms with E-state index in [9.17, 15) is 4.79 Å². The van der Waals surface area contributed by atoms with Gasteiger partial charge in [-0.3, -0.25) is 13.8 Å². The smallest absolute Gasteiger partial charge is 0.273 e. The first-order valence-electron chi connectivity index (χ1n) is 11.5. The van der Waals surface area contributed by atoms with Crippen LogP contribution in [0.15, 0.2) is 63.9 Å². The van der Waals surface area contributed by atoms with Gasteiger partial charge >= 0.3 is 0 Å². The third-order valence-electron chi connectivity index (χ3n) is 5.75. The largest absolute Gasteiger partial charge is 0.490 e. The van der Waals surface area contributed by atoms with E-state index in [0.29, 0.717) is 41.7 Å². The first kappa shape index (κ1) is 23.4. The van der Waals surface area contributed by atoms with Gasteiger partial charge in [-0.1, -0.05) is 42.1 Å². The predicted molar refractivity (Wildman–Crippen MR) is 141 cm³/mol. The summed E-state index contributed by atoms with van der Waals surface area (Å²) in [6, 6.07) is 16.1. The average Bonchev–Trinajstić information content (AvgIpc) is 3.50. The molecule has 3 heterocycles. The molecule has 0 aliphatic carbocycles. The number of thiophene rings is 1. The van der Waals surface area contributed by atoms with Crippen molar-refractivity contribution in [1.29, 1.82) is 0 Å². The van der Waals surface area contributed by atoms with Crippen molar-refractivity contribution in [2.24, 2.45) is 0 Å². The normalized spacial score (nSPS) is 11.4. The van der Waals surface area contributed by atoms with Crippen molar-refractivity contribution in [2.75, 3.05) is 13.2 Å². The zero-order chi connectivity index (χ0) is 24.4. The third kappa shape index (κ3) is 4.53. The molecule has 0 radical (unpaired) electrons. The van der Waals surface area contributed by atoms with Crippen LogP contribution in [0, 0.1) is 6.92 Å². The Labute approximate surface area is 211 Å². The maximum absolute atomic E-state index is 13.5. The van der Waals surface area contributed by atoms with Crippen molar-refractivity contribution >= 4 is 39.1 Å². The molecule has 0 spiro atoms. The van der Waals surface area contributed by atoms with Gasteiger partial charge in [0.05, 0.1) is 25.3 Å². The molecule has 0 atom stereocenters. The minimum Gasteiger partial charge on any atom is -0.490 e. The quantitative estimate of drug-likeness (QED) is 0.244. The molecule has 3 aromatic heterocycles. The molecule has 0 bridgehead atoms. The number of nitrogens with zero attached hydrogens (tertiary/aromatic N) is 4. The molecule has 180 valence electrons. The summed E-state index contributed by atoms with van der Waals surface area (Å²) >= 11 is 3.06. The van der Waals surface area contributed by atoms with E-state index in [1.54, 1.807) is 16.3 Å². The number of thioether (sulfide) groups is 1. The minimum absolute atomic E-state index is 0.0720. The van der Waals surface area contributed by atoms with Crippen LogP contribution in [-0.4, -0.2) is 32.4 Å². The second kappa shape index (κ2) is 10.1. The minimum atomic E-state index is -0.0720. The molecule has 0 aliphatic heterocycles. The SMILES string of the molecule is CCOc1ccc(Cn2c(=O)c3sccc3n3c(SCc4ccccc4C)nnc23)cc1OCC. The molecule has 5 aromatic rings. The number of fused-ring (bicyclic) bond motifs is 3. The van der Waals surface area contributed by atoms with Gasteiger partial charge in [-0.25, -0.2) is 0 Å². The van der Waals surface area contributed by atoms with Gasteiger partial charge in [0.15, 0.2) is 16.7 Å². The zero-order valence-electron chi connectivity index (χ0n) is 19.9. The summed E-state index contributed by atoms with van der Waals surface area (Å²) in [5, 5.41) is 11.6. The number of hydrogen-bond acceptors (Lipinski definition) is 7. The Bertz CT molecular complexity index is 1550. The average molecular weight is 507 g/mol. The van der Waals surface area contributed by atoms with Crippen molar-refractivity contribution in [3.63, 3.8) is 0 Å². The maximum Gasteiger partial charge on any atom is 0.273 e. The number of hydrogen-bond donors (Lipinski definition) is 0. The van der Waals surface area contributed by atoms with Gasteiger partial charge in [0, 0.05) is 5.75 Å². The molecular formula is C26H26N4O3S2. The monoisotopic (exact) mass is 506 g/mol. The molecule has 0 aliphatic rings. The predicted octanol–water partition coefficient (Wildman–Crippen LogP) is 5.55. The van der Waals surface area contributed by atoms with Gasteiger partial charge < -0.3 is 9.47 Å². The maximum atomic E-state index is 13.5. The second-order valence-corrected chi connectivity index (χ2v) is 9.87. The van der Waals surface area contributed by atoms with Gasteiger partial charge in [-0.05, 0) is 61.0 Å². The Morgan fingerprint density at radius 3 is 2.60 bits per heavy atom. The lowest BCUT2D eigenvalue weighted by Crippen LogP contribution is -2.23. The van der Waals surface area contributed by atoms with Crippen molar-refractivity contribution in [2.45, 2.75) is 38.2 Å². The molecular weight excluding hydrogens is 480 g/mol. The van der Waals surface area contributed by atoms with Crippen molar-refractivity contribution in [1.82, 2.24) is 19.2 Å². The number of benzene rings is 2. The molecule has 9 heteroatoms. The number of ether oxygens (including phenoxy) is 2. The molecule has 7 nitrogen and oxygen atoms in total. The fourth-order valence-electron chi connectivity index (χ4n) is 4.03. The first-order valence-corrected chi connectivity index (χ1v) is 13.4. The van der Waals surface area contributed by atoms with Gasteiger partial charge in [0.25, 0.3) is 5.56 Å². The molecule has 0 fully saturated rings. The number of aromatic nitrogens is 4. The molecule has 5 rings (SSSR count). The summed E-state index contributed by atoms with van der Waals surface area (Å²) in [6.45, 7) is 7.42. The highest BCUT2D eigenvalue weighted by molar-refractivity contribution is 7.98. The van der Waals surface area contributed by atoms with Crippen LogP contribution in [-0.2, 0) is 12.3 Å². The molecule has 0 unspecified atom stereocenters. The fourth-order valence-corrected chi connectivity index (χ4v) is 5.87. The Balaban J connectivity index is 1.56. The van der Waals surface area contributed by atoms with E-state index in [-0.39, 0.29) is 5.56 Å². The van der Waals surface area contributed by atoms with Crippen LogP contribution in [0.5, 0.6) is 11.5 Å². The van der Waals surface area contributed by atoms with Crippen LogP contribution < -0.4 is 15.0 Å². The van der Waals surface area contributed by atoms with Gasteiger partial charge in [-0.15, -0.1) is 21.5 Å². The van der Waals surface area contributed by atoms with Gasteiger partial charge in [-0.2, -0.15) is 0 Å². The van der Waals surface area contributed by atoms with Crippen LogP contribution in [0.25, 0.3) is 16.0 Å². The third-order valence-corrected chi connectivity index (χ3v) is 7.62. The number of aryl methyl sites for hydroxylation is 1. The lowest BCUT2D eigenvalue weighted by atomic mass is 10.1. The second-order valence-electron chi connectivity index (χ2n) is 8.01. The lowest BCUT2D eigenvalue weighted by molar-refractivity contribution is 0.287. The summed E-state index contributed by atoms with van der Waals surface area (Å²) in [6.07, 6.45) is 0. The van der Waals surface area contributed by atoms with Gasteiger partial charge in [0.2, 0.25) is 5.78 Å². The molecule has 0 saturated carbocycles. The van der Waals surface area contributed by atoms with Crippen molar-refractivity contribution in [3.05, 3.63) is 81.0 Å². The summed E-state index contributed by atoms with van der Waals surface area (Å²) in [5.74, 6) is 2.67. The Hall–Kier alpha value is -3.30. The van der Waals surface area contributed by atoms with Gasteiger partial charge in [0.1, 0.15) is 4.70 Å². The van der Waals surface area contributed by atoms with Crippen LogP contribution in [0.2, 0.25) is 0 Å². The summed E-state index contributed by atoms with van der Waals surface area (Å²) < 4.78 is 15.8. The van der Waals surface area contributed by atoms with E-state index in [4.69, 9.17) is 9.47 Å². The highest BCUT2D eigenvalue weighted by Crippen LogP contribution is 2.30. The van der Waals surface area contributed by atoms with E-state index in [2.05, 4.69) is 29.3 Å².